The predicted molar refractivity (Wildman–Crippen MR) is 62.6 cm³/mol. The summed E-state index contributed by atoms with van der Waals surface area (Å²) in [6.07, 6.45) is 0. The van der Waals surface area contributed by atoms with Gasteiger partial charge in [0.1, 0.15) is 6.54 Å². The molecule has 0 bridgehead atoms. The van der Waals surface area contributed by atoms with Crippen LogP contribution < -0.4 is 10.2 Å². The SMILES string of the molecule is Cc1csc(=O)n1CC(=O)NCC(C)CO. The van der Waals surface area contributed by atoms with Gasteiger partial charge in [0.05, 0.1) is 0 Å². The van der Waals surface area contributed by atoms with Gasteiger partial charge in [0.2, 0.25) is 5.91 Å². The lowest BCUT2D eigenvalue weighted by molar-refractivity contribution is -0.121. The van der Waals surface area contributed by atoms with Crippen molar-refractivity contribution < 1.29 is 9.90 Å². The zero-order valence-corrected chi connectivity index (χ0v) is 10.2. The third-order valence-electron chi connectivity index (χ3n) is 2.24. The Kier molecular flexibility index (Phi) is 4.70. The third-order valence-corrected chi connectivity index (χ3v) is 3.12. The van der Waals surface area contributed by atoms with Gasteiger partial charge in [-0.05, 0) is 12.8 Å². The Hall–Kier alpha value is -1.14. The van der Waals surface area contributed by atoms with E-state index in [0.717, 1.165) is 17.0 Å². The number of aliphatic hydroxyl groups is 1. The largest absolute Gasteiger partial charge is 0.396 e. The van der Waals surface area contributed by atoms with E-state index in [1.165, 1.54) is 4.57 Å². The molecule has 0 aliphatic carbocycles. The van der Waals surface area contributed by atoms with Crippen LogP contribution in [0.3, 0.4) is 0 Å². The number of hydrogen-bond acceptors (Lipinski definition) is 4. The predicted octanol–water partition coefficient (Wildman–Crippen LogP) is -0.0372. The van der Waals surface area contributed by atoms with Crippen LogP contribution in [0.4, 0.5) is 0 Å². The monoisotopic (exact) mass is 244 g/mol. The fraction of sp³-hybridized carbons (Fsp3) is 0.600. The van der Waals surface area contributed by atoms with Crippen molar-refractivity contribution in [2.24, 2.45) is 5.92 Å². The van der Waals surface area contributed by atoms with Crippen LogP contribution in [0.2, 0.25) is 0 Å². The van der Waals surface area contributed by atoms with Crippen LogP contribution in [-0.2, 0) is 11.3 Å². The Balaban J connectivity index is 2.49. The number of hydrogen-bond donors (Lipinski definition) is 2. The average Bonchev–Trinajstić information content (AvgIpc) is 2.57. The highest BCUT2D eigenvalue weighted by molar-refractivity contribution is 7.07. The summed E-state index contributed by atoms with van der Waals surface area (Å²) in [5.41, 5.74) is 0.792. The van der Waals surface area contributed by atoms with Crippen LogP contribution in [0.1, 0.15) is 12.6 Å². The molecule has 0 saturated heterocycles. The number of carbonyl (C=O) groups is 1. The summed E-state index contributed by atoms with van der Waals surface area (Å²) in [4.78, 5) is 22.7. The lowest BCUT2D eigenvalue weighted by Gasteiger charge is -2.10. The number of aromatic nitrogens is 1. The average molecular weight is 244 g/mol. The molecule has 0 spiro atoms. The minimum Gasteiger partial charge on any atom is -0.396 e. The highest BCUT2D eigenvalue weighted by atomic mass is 32.1. The van der Waals surface area contributed by atoms with E-state index in [0.29, 0.717) is 6.54 Å². The van der Waals surface area contributed by atoms with Crippen LogP contribution in [0, 0.1) is 12.8 Å². The fourth-order valence-corrected chi connectivity index (χ4v) is 1.88. The molecule has 0 fully saturated rings. The summed E-state index contributed by atoms with van der Waals surface area (Å²) >= 11 is 1.09. The number of rotatable bonds is 5. The molecule has 0 aliphatic rings. The molecule has 90 valence electrons. The summed E-state index contributed by atoms with van der Waals surface area (Å²) in [6, 6.07) is 0. The number of amides is 1. The molecule has 1 heterocycles. The molecule has 5 nitrogen and oxygen atoms in total. The maximum atomic E-state index is 11.5. The van der Waals surface area contributed by atoms with Crippen molar-refractivity contribution in [3.05, 3.63) is 20.7 Å². The van der Waals surface area contributed by atoms with Crippen molar-refractivity contribution in [2.45, 2.75) is 20.4 Å². The second-order valence-corrected chi connectivity index (χ2v) is 4.64. The summed E-state index contributed by atoms with van der Waals surface area (Å²) in [5.74, 6) is -0.173. The van der Waals surface area contributed by atoms with Crippen LogP contribution in [0.25, 0.3) is 0 Å². The van der Waals surface area contributed by atoms with E-state index in [1.54, 1.807) is 12.3 Å². The lowest BCUT2D eigenvalue weighted by atomic mass is 10.2. The van der Waals surface area contributed by atoms with Gasteiger partial charge in [-0.15, -0.1) is 0 Å². The van der Waals surface area contributed by atoms with E-state index in [9.17, 15) is 9.59 Å². The Bertz CT molecular complexity index is 410. The molecule has 1 unspecified atom stereocenters. The topological polar surface area (TPSA) is 71.3 Å². The molecule has 0 aliphatic heterocycles. The lowest BCUT2D eigenvalue weighted by Crippen LogP contribution is -2.34. The number of thiazole rings is 1. The molecule has 1 atom stereocenters. The van der Waals surface area contributed by atoms with E-state index >= 15 is 0 Å². The van der Waals surface area contributed by atoms with Gasteiger partial charge in [0.15, 0.2) is 0 Å². The molecule has 0 radical (unpaired) electrons. The Labute approximate surface area is 97.7 Å². The van der Waals surface area contributed by atoms with E-state index in [-0.39, 0.29) is 29.8 Å². The number of carbonyl (C=O) groups excluding carboxylic acids is 1. The van der Waals surface area contributed by atoms with Crippen molar-refractivity contribution in [3.8, 4) is 0 Å². The molecular formula is C10H16N2O3S. The quantitative estimate of drug-likeness (QED) is 0.763. The van der Waals surface area contributed by atoms with Gasteiger partial charge in [0, 0.05) is 24.2 Å². The van der Waals surface area contributed by atoms with E-state index in [1.807, 2.05) is 6.92 Å². The van der Waals surface area contributed by atoms with Gasteiger partial charge in [-0.1, -0.05) is 18.3 Å². The molecule has 0 aromatic carbocycles. The molecule has 0 saturated carbocycles. The highest BCUT2D eigenvalue weighted by Crippen LogP contribution is 1.99. The maximum absolute atomic E-state index is 11.5. The molecule has 1 aromatic rings. The van der Waals surface area contributed by atoms with E-state index in [2.05, 4.69) is 5.32 Å². The van der Waals surface area contributed by atoms with Crippen molar-refractivity contribution in [3.63, 3.8) is 0 Å². The summed E-state index contributed by atoms with van der Waals surface area (Å²) in [7, 11) is 0. The fourth-order valence-electron chi connectivity index (χ4n) is 1.15. The van der Waals surface area contributed by atoms with Crippen LogP contribution in [-0.4, -0.2) is 28.7 Å². The number of aryl methyl sites for hydroxylation is 1. The molecular weight excluding hydrogens is 228 g/mol. The second kappa shape index (κ2) is 5.81. The van der Waals surface area contributed by atoms with Crippen LogP contribution in [0.15, 0.2) is 10.2 Å². The zero-order chi connectivity index (χ0) is 12.1. The standard InChI is InChI=1S/C10H16N2O3S/c1-7(5-13)3-11-9(14)4-12-8(2)6-16-10(12)15/h6-7,13H,3-5H2,1-2H3,(H,11,14). The van der Waals surface area contributed by atoms with E-state index in [4.69, 9.17) is 5.11 Å². The normalized spacial score (nSPS) is 12.4. The molecule has 1 aromatic heterocycles. The molecule has 6 heteroatoms. The van der Waals surface area contributed by atoms with Gasteiger partial charge in [-0.25, -0.2) is 0 Å². The molecule has 2 N–H and O–H groups in total. The Morgan fingerprint density at radius 3 is 2.88 bits per heavy atom. The Morgan fingerprint density at radius 2 is 2.38 bits per heavy atom. The molecule has 1 amide bonds. The first-order chi connectivity index (χ1) is 7.54. The van der Waals surface area contributed by atoms with Crippen molar-refractivity contribution in [2.75, 3.05) is 13.2 Å². The van der Waals surface area contributed by atoms with Crippen molar-refractivity contribution >= 4 is 17.2 Å². The summed E-state index contributed by atoms with van der Waals surface area (Å²) in [6.45, 7) is 4.14. The Morgan fingerprint density at radius 1 is 1.69 bits per heavy atom. The first-order valence-corrected chi connectivity index (χ1v) is 5.95. The summed E-state index contributed by atoms with van der Waals surface area (Å²) < 4.78 is 1.43. The molecule has 16 heavy (non-hydrogen) atoms. The van der Waals surface area contributed by atoms with Crippen molar-refractivity contribution in [1.29, 1.82) is 0 Å². The third kappa shape index (κ3) is 3.46. The zero-order valence-electron chi connectivity index (χ0n) is 9.40. The molecule has 1 rings (SSSR count). The van der Waals surface area contributed by atoms with E-state index < -0.39 is 0 Å². The number of nitrogens with zero attached hydrogens (tertiary/aromatic N) is 1. The maximum Gasteiger partial charge on any atom is 0.307 e. The van der Waals surface area contributed by atoms with Gasteiger partial charge in [-0.3, -0.25) is 14.2 Å². The second-order valence-electron chi connectivity index (χ2n) is 3.82. The minimum absolute atomic E-state index is 0.0317. The van der Waals surface area contributed by atoms with Gasteiger partial charge in [-0.2, -0.15) is 0 Å². The first kappa shape index (κ1) is 12.9. The smallest absolute Gasteiger partial charge is 0.307 e. The van der Waals surface area contributed by atoms with Crippen LogP contribution in [0.5, 0.6) is 0 Å². The van der Waals surface area contributed by atoms with Crippen molar-refractivity contribution in [1.82, 2.24) is 9.88 Å². The minimum atomic E-state index is -0.205. The highest BCUT2D eigenvalue weighted by Gasteiger charge is 2.09. The van der Waals surface area contributed by atoms with Gasteiger partial charge < -0.3 is 10.4 Å². The summed E-state index contributed by atoms with van der Waals surface area (Å²) in [5, 5.41) is 13.2. The van der Waals surface area contributed by atoms with Crippen LogP contribution >= 0.6 is 11.3 Å². The first-order valence-electron chi connectivity index (χ1n) is 5.07. The van der Waals surface area contributed by atoms with Gasteiger partial charge >= 0.3 is 4.87 Å². The van der Waals surface area contributed by atoms with Gasteiger partial charge in [0.25, 0.3) is 0 Å². The number of aliphatic hydroxyl groups excluding tert-OH is 1. The number of nitrogens with one attached hydrogen (secondary N) is 1.